The van der Waals surface area contributed by atoms with E-state index in [9.17, 15) is 4.79 Å². The maximum absolute atomic E-state index is 12.3. The van der Waals surface area contributed by atoms with Crippen LogP contribution in [0.5, 0.6) is 0 Å². The number of aryl methyl sites for hydroxylation is 1. The molecule has 132 valence electrons. The largest absolute Gasteiger partial charge is 0.353 e. The van der Waals surface area contributed by atoms with E-state index >= 15 is 0 Å². The molecule has 2 aromatic rings. The Kier molecular flexibility index (Phi) is 6.01. The third kappa shape index (κ3) is 5.03. The number of anilines is 1. The summed E-state index contributed by atoms with van der Waals surface area (Å²) in [7, 11) is 0. The van der Waals surface area contributed by atoms with E-state index in [1.807, 2.05) is 29.3 Å². The van der Waals surface area contributed by atoms with Gasteiger partial charge in [-0.2, -0.15) is 0 Å². The summed E-state index contributed by atoms with van der Waals surface area (Å²) < 4.78 is 0. The number of hydrogen-bond acceptors (Lipinski definition) is 4. The minimum absolute atomic E-state index is 0.233. The fraction of sp³-hybridized carbons (Fsp3) is 0.400. The van der Waals surface area contributed by atoms with Crippen LogP contribution in [0.15, 0.2) is 48.7 Å². The standard InChI is InChI=1S/C20H26N4O/c1-17-5-7-18(8-6-17)16-21-11-9-20(25)24-14-12-23(13-15-24)19-4-2-3-10-22-19/h2-8,10,21H,9,11-16H2,1H3. The van der Waals surface area contributed by atoms with E-state index in [-0.39, 0.29) is 5.91 Å². The van der Waals surface area contributed by atoms with Gasteiger partial charge in [0.15, 0.2) is 0 Å². The van der Waals surface area contributed by atoms with Crippen molar-refractivity contribution >= 4 is 11.7 Å². The van der Waals surface area contributed by atoms with E-state index in [1.165, 1.54) is 11.1 Å². The maximum atomic E-state index is 12.3. The maximum Gasteiger partial charge on any atom is 0.223 e. The van der Waals surface area contributed by atoms with Crippen molar-refractivity contribution < 1.29 is 4.79 Å². The summed E-state index contributed by atoms with van der Waals surface area (Å²) >= 11 is 0. The Morgan fingerprint density at radius 1 is 1.08 bits per heavy atom. The average molecular weight is 338 g/mol. The number of carbonyl (C=O) groups excluding carboxylic acids is 1. The molecule has 2 heterocycles. The van der Waals surface area contributed by atoms with Crippen LogP contribution in [0.3, 0.4) is 0 Å². The molecule has 0 saturated carbocycles. The predicted molar refractivity (Wildman–Crippen MR) is 101 cm³/mol. The van der Waals surface area contributed by atoms with Gasteiger partial charge in [0.1, 0.15) is 5.82 Å². The smallest absolute Gasteiger partial charge is 0.223 e. The molecule has 3 rings (SSSR count). The van der Waals surface area contributed by atoms with Gasteiger partial charge in [0.05, 0.1) is 0 Å². The second-order valence-corrected chi connectivity index (χ2v) is 6.47. The highest BCUT2D eigenvalue weighted by atomic mass is 16.2. The lowest BCUT2D eigenvalue weighted by atomic mass is 10.1. The lowest BCUT2D eigenvalue weighted by Crippen LogP contribution is -2.49. The Bertz CT molecular complexity index is 664. The zero-order chi connectivity index (χ0) is 17.5. The van der Waals surface area contributed by atoms with Crippen LogP contribution in [0.25, 0.3) is 0 Å². The first kappa shape index (κ1) is 17.4. The van der Waals surface area contributed by atoms with Crippen molar-refractivity contribution in [3.05, 3.63) is 59.8 Å². The summed E-state index contributed by atoms with van der Waals surface area (Å²) in [5.41, 5.74) is 2.52. The van der Waals surface area contributed by atoms with Gasteiger partial charge in [0.25, 0.3) is 0 Å². The SMILES string of the molecule is Cc1ccc(CNCCC(=O)N2CCN(c3ccccn3)CC2)cc1. The predicted octanol–water partition coefficient (Wildman–Crippen LogP) is 2.22. The number of nitrogens with one attached hydrogen (secondary N) is 1. The van der Waals surface area contributed by atoms with Crippen molar-refractivity contribution in [2.45, 2.75) is 19.9 Å². The van der Waals surface area contributed by atoms with Gasteiger partial charge in [-0.15, -0.1) is 0 Å². The van der Waals surface area contributed by atoms with Crippen molar-refractivity contribution in [3.8, 4) is 0 Å². The van der Waals surface area contributed by atoms with Gasteiger partial charge >= 0.3 is 0 Å². The number of aromatic nitrogens is 1. The summed E-state index contributed by atoms with van der Waals surface area (Å²) in [6, 6.07) is 14.4. The Labute approximate surface area is 149 Å². The van der Waals surface area contributed by atoms with Crippen LogP contribution in [0.2, 0.25) is 0 Å². The molecule has 1 amide bonds. The van der Waals surface area contributed by atoms with Crippen LogP contribution in [0.1, 0.15) is 17.5 Å². The fourth-order valence-corrected chi connectivity index (χ4v) is 3.02. The number of amides is 1. The van der Waals surface area contributed by atoms with Gasteiger partial charge < -0.3 is 15.1 Å². The van der Waals surface area contributed by atoms with E-state index in [0.717, 1.165) is 38.5 Å². The third-order valence-electron chi connectivity index (χ3n) is 4.57. The zero-order valence-corrected chi connectivity index (χ0v) is 14.8. The Hall–Kier alpha value is -2.40. The van der Waals surface area contributed by atoms with Crippen LogP contribution in [0, 0.1) is 6.92 Å². The van der Waals surface area contributed by atoms with Gasteiger partial charge in [0, 0.05) is 51.9 Å². The van der Waals surface area contributed by atoms with Gasteiger partial charge in [-0.05, 0) is 24.6 Å². The van der Waals surface area contributed by atoms with E-state index in [2.05, 4.69) is 46.4 Å². The second-order valence-electron chi connectivity index (χ2n) is 6.47. The Balaban J connectivity index is 1.36. The quantitative estimate of drug-likeness (QED) is 0.821. The molecule has 1 aliphatic heterocycles. The molecular formula is C20H26N4O. The first-order valence-electron chi connectivity index (χ1n) is 8.92. The fourth-order valence-electron chi connectivity index (χ4n) is 3.02. The molecule has 0 atom stereocenters. The van der Waals surface area contributed by atoms with Crippen molar-refractivity contribution in [3.63, 3.8) is 0 Å². The van der Waals surface area contributed by atoms with Gasteiger partial charge in [-0.25, -0.2) is 4.98 Å². The minimum atomic E-state index is 0.233. The summed E-state index contributed by atoms with van der Waals surface area (Å²) in [4.78, 5) is 20.9. The summed E-state index contributed by atoms with van der Waals surface area (Å²) in [5.74, 6) is 1.23. The topological polar surface area (TPSA) is 48.5 Å². The van der Waals surface area contributed by atoms with E-state index in [0.29, 0.717) is 13.0 Å². The normalized spacial score (nSPS) is 14.6. The van der Waals surface area contributed by atoms with Crippen LogP contribution < -0.4 is 10.2 Å². The summed E-state index contributed by atoms with van der Waals surface area (Å²) in [6.07, 6.45) is 2.36. The number of piperazine rings is 1. The summed E-state index contributed by atoms with van der Waals surface area (Å²) in [6.45, 7) is 6.84. The molecule has 5 heteroatoms. The number of benzene rings is 1. The van der Waals surface area contributed by atoms with Crippen molar-refractivity contribution in [1.82, 2.24) is 15.2 Å². The lowest BCUT2D eigenvalue weighted by Gasteiger charge is -2.35. The molecular weight excluding hydrogens is 312 g/mol. The Morgan fingerprint density at radius 3 is 2.52 bits per heavy atom. The van der Waals surface area contributed by atoms with Gasteiger partial charge in [-0.3, -0.25) is 4.79 Å². The van der Waals surface area contributed by atoms with Crippen molar-refractivity contribution in [2.24, 2.45) is 0 Å². The highest BCUT2D eigenvalue weighted by Crippen LogP contribution is 2.13. The zero-order valence-electron chi connectivity index (χ0n) is 14.8. The average Bonchev–Trinajstić information content (AvgIpc) is 2.67. The lowest BCUT2D eigenvalue weighted by molar-refractivity contribution is -0.131. The number of nitrogens with zero attached hydrogens (tertiary/aromatic N) is 3. The highest BCUT2D eigenvalue weighted by Gasteiger charge is 2.21. The van der Waals surface area contributed by atoms with E-state index in [1.54, 1.807) is 0 Å². The van der Waals surface area contributed by atoms with Crippen LogP contribution in [-0.4, -0.2) is 48.5 Å². The molecule has 5 nitrogen and oxygen atoms in total. The molecule has 0 radical (unpaired) electrons. The van der Waals surface area contributed by atoms with Crippen molar-refractivity contribution in [2.75, 3.05) is 37.6 Å². The number of rotatable bonds is 6. The van der Waals surface area contributed by atoms with Crippen LogP contribution >= 0.6 is 0 Å². The van der Waals surface area contributed by atoms with Crippen LogP contribution in [-0.2, 0) is 11.3 Å². The highest BCUT2D eigenvalue weighted by molar-refractivity contribution is 5.76. The molecule has 1 fully saturated rings. The van der Waals surface area contributed by atoms with E-state index < -0.39 is 0 Å². The molecule has 1 aliphatic rings. The minimum Gasteiger partial charge on any atom is -0.353 e. The summed E-state index contributed by atoms with van der Waals surface area (Å²) in [5, 5.41) is 3.36. The molecule has 0 aliphatic carbocycles. The monoisotopic (exact) mass is 338 g/mol. The molecule has 1 aromatic heterocycles. The van der Waals surface area contributed by atoms with Gasteiger partial charge in [-0.1, -0.05) is 35.9 Å². The number of hydrogen-bond donors (Lipinski definition) is 1. The first-order chi connectivity index (χ1) is 12.2. The third-order valence-corrected chi connectivity index (χ3v) is 4.57. The first-order valence-corrected chi connectivity index (χ1v) is 8.92. The molecule has 25 heavy (non-hydrogen) atoms. The molecule has 0 bridgehead atoms. The molecule has 1 aromatic carbocycles. The molecule has 0 spiro atoms. The molecule has 1 saturated heterocycles. The second kappa shape index (κ2) is 8.62. The van der Waals surface area contributed by atoms with Crippen LogP contribution in [0.4, 0.5) is 5.82 Å². The molecule has 0 unspecified atom stereocenters. The number of carbonyl (C=O) groups is 1. The van der Waals surface area contributed by atoms with Gasteiger partial charge in [0.2, 0.25) is 5.91 Å². The van der Waals surface area contributed by atoms with Crippen molar-refractivity contribution in [1.29, 1.82) is 0 Å². The molecule has 1 N–H and O–H groups in total. The number of pyridine rings is 1. The Morgan fingerprint density at radius 2 is 1.84 bits per heavy atom. The van der Waals surface area contributed by atoms with E-state index in [4.69, 9.17) is 0 Å².